The molecule has 0 unspecified atom stereocenters. The molecule has 0 saturated carbocycles. The summed E-state index contributed by atoms with van der Waals surface area (Å²) in [6, 6.07) is 154. The number of hydrogen-bond donors (Lipinski definition) is 0. The molecule has 118 heavy (non-hydrogen) atoms. The van der Waals surface area contributed by atoms with Crippen molar-refractivity contribution in [3.63, 3.8) is 0 Å². The van der Waals surface area contributed by atoms with Crippen LogP contribution in [0.5, 0.6) is 0 Å². The zero-order chi connectivity index (χ0) is 78.2. The Labute approximate surface area is 683 Å². The van der Waals surface area contributed by atoms with Gasteiger partial charge in [-0.15, -0.1) is 0 Å². The zero-order valence-corrected chi connectivity index (χ0v) is 64.1. The van der Waals surface area contributed by atoms with E-state index < -0.39 is 0 Å². The minimum Gasteiger partial charge on any atom is -0.309 e. The van der Waals surface area contributed by atoms with Crippen LogP contribution in [0.2, 0.25) is 0 Å². The molecule has 0 bridgehead atoms. The third-order valence-corrected chi connectivity index (χ3v) is 22.4. The molecule has 4 heterocycles. The number of para-hydroxylation sites is 2. The number of fused-ring (bicyclic) bond motifs is 10. The third kappa shape index (κ3) is 13.5. The van der Waals surface area contributed by atoms with Crippen LogP contribution < -0.4 is 0 Å². The first-order valence-corrected chi connectivity index (χ1v) is 39.9. The van der Waals surface area contributed by atoms with Crippen LogP contribution in [0.15, 0.2) is 437 Å². The second-order valence-corrected chi connectivity index (χ2v) is 29.7. The van der Waals surface area contributed by atoms with Crippen molar-refractivity contribution >= 4 is 65.2 Å². The molecule has 0 aliphatic rings. The molecular weight excluding hydrogens is 1430 g/mol. The average Bonchev–Trinajstić information content (AvgIpc) is 1.58. The molecule has 0 saturated heterocycles. The van der Waals surface area contributed by atoms with Gasteiger partial charge in [0.15, 0.2) is 34.9 Å². The predicted molar refractivity (Wildman–Crippen MR) is 489 cm³/mol. The fraction of sp³-hybridized carbons (Fsp3) is 0. The Morgan fingerprint density at radius 2 is 0.373 bits per heavy atom. The van der Waals surface area contributed by atoms with Crippen LogP contribution in [0.1, 0.15) is 0 Å². The second-order valence-electron chi connectivity index (χ2n) is 29.7. The normalized spacial score (nSPS) is 11.4. The number of aromatic nitrogens is 8. The predicted octanol–water partition coefficient (Wildman–Crippen LogP) is 28.2. The summed E-state index contributed by atoms with van der Waals surface area (Å²) in [6.45, 7) is 0. The van der Waals surface area contributed by atoms with Gasteiger partial charge in [0.1, 0.15) is 0 Å². The second kappa shape index (κ2) is 30.5. The molecule has 4 aromatic heterocycles. The van der Waals surface area contributed by atoms with Gasteiger partial charge in [-0.25, -0.2) is 29.9 Å². The maximum atomic E-state index is 5.00. The number of rotatable bonds is 14. The molecule has 0 atom stereocenters. The van der Waals surface area contributed by atoms with Gasteiger partial charge in [-0.3, -0.25) is 0 Å². The smallest absolute Gasteiger partial charge is 0.164 e. The maximum Gasteiger partial charge on any atom is 0.164 e. The van der Waals surface area contributed by atoms with Crippen LogP contribution in [0.25, 0.3) is 212 Å². The number of nitrogens with zero attached hydrogens (tertiary/aromatic N) is 8. The maximum absolute atomic E-state index is 5.00. The average molecular weight is 1510 g/mol. The third-order valence-electron chi connectivity index (χ3n) is 22.4. The van der Waals surface area contributed by atoms with Crippen LogP contribution in [-0.2, 0) is 0 Å². The van der Waals surface area contributed by atoms with Crippen molar-refractivity contribution in [3.8, 4) is 146 Å². The van der Waals surface area contributed by atoms with Crippen molar-refractivity contribution in [2.75, 3.05) is 0 Å². The van der Waals surface area contributed by atoms with Gasteiger partial charge in [0.05, 0.1) is 22.1 Å². The van der Waals surface area contributed by atoms with E-state index >= 15 is 0 Å². The molecule has 22 rings (SSSR count). The van der Waals surface area contributed by atoms with Crippen LogP contribution in [0.3, 0.4) is 0 Å². The standard InChI is InChI=1S/2C55H36N4/c1-5-16-37(17-6-1)45-34-46(38-18-7-2-8-19-38)36-47(35-45)59-50-27-14-13-26-49(50)52-48-30-28-42(32-43(48)29-31-51(52)59)41-24-15-25-44(33-41)55-57-53(39-20-9-3-10-21-39)56-54(58-55)40-22-11-4-12-23-40;1-5-15-37(16-6-1)45-34-46(38-17-7-2-8-18-38)36-47(35-45)59-50-24-14-13-23-49(50)52-48-31-29-43(33-44(48)30-32-51(52)59)39-25-27-42(28-26-39)55-57-53(40-19-9-3-10-20-40)56-54(58-55)41-21-11-4-12-22-41/h2*1-36H. The van der Waals surface area contributed by atoms with Crippen molar-refractivity contribution in [1.82, 2.24) is 39.0 Å². The molecule has 0 aliphatic heterocycles. The molecule has 0 spiro atoms. The molecule has 0 radical (unpaired) electrons. The molecule has 0 aliphatic carbocycles. The van der Waals surface area contributed by atoms with Gasteiger partial charge in [-0.1, -0.05) is 358 Å². The molecule has 0 amide bonds. The fourth-order valence-corrected chi connectivity index (χ4v) is 16.7. The van der Waals surface area contributed by atoms with E-state index in [2.05, 4.69) is 325 Å². The number of hydrogen-bond acceptors (Lipinski definition) is 6. The summed E-state index contributed by atoms with van der Waals surface area (Å²) in [7, 11) is 0. The van der Waals surface area contributed by atoms with Crippen molar-refractivity contribution in [1.29, 1.82) is 0 Å². The molecule has 0 N–H and O–H groups in total. The van der Waals surface area contributed by atoms with Gasteiger partial charge in [0.25, 0.3) is 0 Å². The highest BCUT2D eigenvalue weighted by Gasteiger charge is 2.22. The van der Waals surface area contributed by atoms with Gasteiger partial charge in [-0.05, 0) is 167 Å². The van der Waals surface area contributed by atoms with E-state index in [4.69, 9.17) is 29.9 Å². The summed E-state index contributed by atoms with van der Waals surface area (Å²) in [4.78, 5) is 29.6. The molecule has 8 nitrogen and oxygen atoms in total. The van der Waals surface area contributed by atoms with E-state index in [0.717, 1.165) is 67.0 Å². The molecule has 8 heteroatoms. The zero-order valence-electron chi connectivity index (χ0n) is 64.1. The molecule has 0 fully saturated rings. The van der Waals surface area contributed by atoms with Gasteiger partial charge >= 0.3 is 0 Å². The summed E-state index contributed by atoms with van der Waals surface area (Å²) in [5, 5.41) is 9.80. The summed E-state index contributed by atoms with van der Waals surface area (Å²) >= 11 is 0. The largest absolute Gasteiger partial charge is 0.309 e. The Bertz CT molecular complexity index is 7260. The lowest BCUT2D eigenvalue weighted by Crippen LogP contribution is -2.00. The van der Waals surface area contributed by atoms with E-state index in [1.807, 2.05) is 121 Å². The Morgan fingerprint density at radius 3 is 0.720 bits per heavy atom. The van der Waals surface area contributed by atoms with Crippen LogP contribution in [0, 0.1) is 0 Å². The SMILES string of the molecule is c1ccc(-c2cc(-c3ccccc3)cc(-n3c4ccccc4c4c5ccc(-c6ccc(-c7nc(-c8ccccc8)nc(-c8ccccc8)n7)cc6)cc5ccc43)c2)cc1.c1ccc(-c2cc(-c3ccccc3)cc(-n3c4ccccc4c4c5ccc(-c6cccc(-c7nc(-c8ccccc8)nc(-c8ccccc8)n7)c6)cc5ccc43)c2)cc1. The van der Waals surface area contributed by atoms with E-state index in [0.29, 0.717) is 34.9 Å². The lowest BCUT2D eigenvalue weighted by atomic mass is 9.97. The monoisotopic (exact) mass is 1500 g/mol. The molecular formula is C110H72N8. The van der Waals surface area contributed by atoms with E-state index in [-0.39, 0.29) is 0 Å². The fourth-order valence-electron chi connectivity index (χ4n) is 16.7. The highest BCUT2D eigenvalue weighted by Crippen LogP contribution is 2.44. The Balaban J connectivity index is 0.000000147. The van der Waals surface area contributed by atoms with Gasteiger partial charge in [-0.2, -0.15) is 0 Å². The molecule has 22 aromatic rings. The lowest BCUT2D eigenvalue weighted by Gasteiger charge is -2.14. The van der Waals surface area contributed by atoms with Crippen molar-refractivity contribution in [2.45, 2.75) is 0 Å². The first-order valence-electron chi connectivity index (χ1n) is 39.9. The van der Waals surface area contributed by atoms with Gasteiger partial charge < -0.3 is 9.13 Å². The van der Waals surface area contributed by atoms with Crippen LogP contribution in [-0.4, -0.2) is 39.0 Å². The van der Waals surface area contributed by atoms with Gasteiger partial charge in [0, 0.05) is 66.3 Å². The molecule has 552 valence electrons. The minimum atomic E-state index is 0.640. The van der Waals surface area contributed by atoms with E-state index in [1.54, 1.807) is 0 Å². The summed E-state index contributed by atoms with van der Waals surface area (Å²) < 4.78 is 4.87. The van der Waals surface area contributed by atoms with Gasteiger partial charge in [0.2, 0.25) is 0 Å². The highest BCUT2D eigenvalue weighted by molar-refractivity contribution is 6.23. The Hall–Kier alpha value is -15.9. The topological polar surface area (TPSA) is 87.2 Å². The van der Waals surface area contributed by atoms with Crippen molar-refractivity contribution < 1.29 is 0 Å². The Kier molecular flexibility index (Phi) is 18.1. The molecule has 18 aromatic carbocycles. The number of benzene rings is 18. The highest BCUT2D eigenvalue weighted by atomic mass is 15.0. The van der Waals surface area contributed by atoms with Crippen molar-refractivity contribution in [3.05, 3.63) is 437 Å². The van der Waals surface area contributed by atoms with Crippen molar-refractivity contribution in [2.24, 2.45) is 0 Å². The summed E-state index contributed by atoms with van der Waals surface area (Å²) in [6.07, 6.45) is 0. The van der Waals surface area contributed by atoms with E-state index in [9.17, 15) is 0 Å². The first kappa shape index (κ1) is 70.0. The summed E-state index contributed by atoms with van der Waals surface area (Å²) in [5.41, 5.74) is 26.7. The van der Waals surface area contributed by atoms with Crippen LogP contribution in [0.4, 0.5) is 0 Å². The quantitative estimate of drug-likeness (QED) is 0.108. The first-order chi connectivity index (χ1) is 58.5. The summed E-state index contributed by atoms with van der Waals surface area (Å²) in [5.74, 6) is 3.89. The Morgan fingerprint density at radius 1 is 0.136 bits per heavy atom. The minimum absolute atomic E-state index is 0.640. The lowest BCUT2D eigenvalue weighted by molar-refractivity contribution is 1.07. The van der Waals surface area contributed by atoms with E-state index in [1.165, 1.54) is 110 Å². The van der Waals surface area contributed by atoms with Crippen LogP contribution >= 0.6 is 0 Å².